The number of hydrogen-bond donors (Lipinski definition) is 1. The lowest BCUT2D eigenvalue weighted by atomic mass is 10.0. The lowest BCUT2D eigenvalue weighted by Crippen LogP contribution is -2.39. The molecule has 1 rings (SSSR count). The molecule has 0 aromatic carbocycles. The molecular formula is C13H28N2. The van der Waals surface area contributed by atoms with Crippen molar-refractivity contribution >= 4 is 0 Å². The fraction of sp³-hybridized carbons (Fsp3) is 1.00. The number of likely N-dealkylation sites (tertiary alicyclic amines) is 1. The second-order valence-electron chi connectivity index (χ2n) is 5.00. The summed E-state index contributed by atoms with van der Waals surface area (Å²) in [5.74, 6) is 0. The predicted octanol–water partition coefficient (Wildman–Crippen LogP) is 2.64. The van der Waals surface area contributed by atoms with Crippen LogP contribution in [0.3, 0.4) is 0 Å². The molecule has 0 unspecified atom stereocenters. The van der Waals surface area contributed by atoms with Gasteiger partial charge in [0.05, 0.1) is 0 Å². The van der Waals surface area contributed by atoms with Gasteiger partial charge in [-0.15, -0.1) is 0 Å². The van der Waals surface area contributed by atoms with E-state index in [2.05, 4.69) is 31.0 Å². The Morgan fingerprint density at radius 1 is 1.40 bits per heavy atom. The Labute approximate surface area is 95.4 Å². The Kier molecular flexibility index (Phi) is 6.26. The summed E-state index contributed by atoms with van der Waals surface area (Å²) in [4.78, 5) is 2.65. The van der Waals surface area contributed by atoms with Crippen molar-refractivity contribution in [2.24, 2.45) is 0 Å². The highest BCUT2D eigenvalue weighted by molar-refractivity contribution is 4.73. The zero-order valence-corrected chi connectivity index (χ0v) is 10.8. The van der Waals surface area contributed by atoms with E-state index in [4.69, 9.17) is 0 Å². The fourth-order valence-electron chi connectivity index (χ4n) is 2.26. The van der Waals surface area contributed by atoms with E-state index in [1.165, 1.54) is 51.7 Å². The molecule has 0 saturated carbocycles. The number of piperidine rings is 1. The molecule has 1 aliphatic rings. The molecule has 1 N–H and O–H groups in total. The first-order valence-electron chi connectivity index (χ1n) is 6.71. The Bertz CT molecular complexity index is 159. The van der Waals surface area contributed by atoms with Crippen molar-refractivity contribution in [2.45, 2.75) is 65.0 Å². The molecule has 1 aliphatic heterocycles. The van der Waals surface area contributed by atoms with E-state index in [-0.39, 0.29) is 0 Å². The van der Waals surface area contributed by atoms with Gasteiger partial charge in [0.2, 0.25) is 0 Å². The molecule has 0 amide bonds. The number of nitrogens with zero attached hydrogens (tertiary/aromatic N) is 1. The molecule has 0 bridgehead atoms. The topological polar surface area (TPSA) is 15.3 Å². The normalized spacial score (nSPS) is 25.4. The van der Waals surface area contributed by atoms with Crippen molar-refractivity contribution in [3.63, 3.8) is 0 Å². The van der Waals surface area contributed by atoms with Crippen LogP contribution in [0.15, 0.2) is 0 Å². The molecule has 1 fully saturated rings. The molecule has 0 aliphatic carbocycles. The van der Waals surface area contributed by atoms with Gasteiger partial charge in [0.25, 0.3) is 0 Å². The van der Waals surface area contributed by atoms with E-state index in [0.717, 1.165) is 6.04 Å². The van der Waals surface area contributed by atoms with Crippen LogP contribution in [0.25, 0.3) is 0 Å². The first-order chi connectivity index (χ1) is 7.24. The molecule has 0 radical (unpaired) electrons. The quantitative estimate of drug-likeness (QED) is 0.681. The smallest absolute Gasteiger partial charge is 0.00669 e. The Balaban J connectivity index is 2.03. The average molecular weight is 212 g/mol. The lowest BCUT2D eigenvalue weighted by molar-refractivity contribution is 0.158. The Morgan fingerprint density at radius 3 is 2.87 bits per heavy atom. The van der Waals surface area contributed by atoms with Gasteiger partial charge in [0.1, 0.15) is 0 Å². The first-order valence-corrected chi connectivity index (χ1v) is 6.71. The number of rotatable bonds is 6. The number of nitrogens with one attached hydrogen (secondary N) is 1. The summed E-state index contributed by atoms with van der Waals surface area (Å²) in [6.45, 7) is 10.7. The van der Waals surface area contributed by atoms with Gasteiger partial charge in [-0.1, -0.05) is 13.3 Å². The van der Waals surface area contributed by atoms with Crippen LogP contribution in [0.1, 0.15) is 52.9 Å². The maximum Gasteiger partial charge on any atom is 0.00669 e. The van der Waals surface area contributed by atoms with Crippen LogP contribution >= 0.6 is 0 Å². The third-order valence-corrected chi connectivity index (χ3v) is 3.67. The molecule has 1 heterocycles. The Hall–Kier alpha value is -0.0800. The first kappa shape index (κ1) is 13.0. The van der Waals surface area contributed by atoms with E-state index < -0.39 is 0 Å². The van der Waals surface area contributed by atoms with Crippen molar-refractivity contribution in [3.05, 3.63) is 0 Å². The van der Waals surface area contributed by atoms with Gasteiger partial charge < -0.3 is 10.2 Å². The third kappa shape index (κ3) is 4.98. The second-order valence-corrected chi connectivity index (χ2v) is 5.00. The standard InChI is InChI=1S/C13H28N2/c1-4-12(2)14-9-7-11-15-10-6-5-8-13(15)3/h12-14H,4-11H2,1-3H3/t12-,13+/m0/s1. The molecule has 0 aromatic rings. The number of hydrogen-bond acceptors (Lipinski definition) is 2. The third-order valence-electron chi connectivity index (χ3n) is 3.67. The molecule has 1 saturated heterocycles. The van der Waals surface area contributed by atoms with Gasteiger partial charge in [0, 0.05) is 12.1 Å². The van der Waals surface area contributed by atoms with Crippen molar-refractivity contribution in [1.82, 2.24) is 10.2 Å². The average Bonchev–Trinajstić information content (AvgIpc) is 2.26. The Morgan fingerprint density at radius 2 is 2.20 bits per heavy atom. The van der Waals surface area contributed by atoms with Crippen molar-refractivity contribution in [3.8, 4) is 0 Å². The molecular weight excluding hydrogens is 184 g/mol. The molecule has 2 atom stereocenters. The van der Waals surface area contributed by atoms with E-state index in [1.54, 1.807) is 0 Å². The summed E-state index contributed by atoms with van der Waals surface area (Å²) >= 11 is 0. The van der Waals surface area contributed by atoms with Crippen LogP contribution in [0, 0.1) is 0 Å². The SMILES string of the molecule is CC[C@H](C)NCCCN1CCCC[C@H]1C. The van der Waals surface area contributed by atoms with Gasteiger partial charge in [-0.05, 0) is 59.2 Å². The summed E-state index contributed by atoms with van der Waals surface area (Å²) in [5, 5.41) is 3.56. The van der Waals surface area contributed by atoms with E-state index in [9.17, 15) is 0 Å². The minimum absolute atomic E-state index is 0.684. The molecule has 0 aromatic heterocycles. The molecule has 90 valence electrons. The largest absolute Gasteiger partial charge is 0.314 e. The van der Waals surface area contributed by atoms with Crippen LogP contribution in [0.2, 0.25) is 0 Å². The van der Waals surface area contributed by atoms with Gasteiger partial charge >= 0.3 is 0 Å². The van der Waals surface area contributed by atoms with E-state index in [1.807, 2.05) is 0 Å². The van der Waals surface area contributed by atoms with Crippen LogP contribution in [-0.4, -0.2) is 36.6 Å². The second kappa shape index (κ2) is 7.24. The lowest BCUT2D eigenvalue weighted by Gasteiger charge is -2.33. The molecule has 2 heteroatoms. The van der Waals surface area contributed by atoms with Crippen molar-refractivity contribution < 1.29 is 0 Å². The summed E-state index contributed by atoms with van der Waals surface area (Å²) in [7, 11) is 0. The summed E-state index contributed by atoms with van der Waals surface area (Å²) in [6, 6.07) is 1.51. The van der Waals surface area contributed by atoms with Gasteiger partial charge in [-0.25, -0.2) is 0 Å². The zero-order valence-electron chi connectivity index (χ0n) is 10.8. The van der Waals surface area contributed by atoms with Gasteiger partial charge in [0.15, 0.2) is 0 Å². The minimum Gasteiger partial charge on any atom is -0.314 e. The minimum atomic E-state index is 0.684. The summed E-state index contributed by atoms with van der Waals surface area (Å²) in [5.41, 5.74) is 0. The highest BCUT2D eigenvalue weighted by Crippen LogP contribution is 2.15. The molecule has 0 spiro atoms. The van der Waals surface area contributed by atoms with Crippen molar-refractivity contribution in [1.29, 1.82) is 0 Å². The maximum absolute atomic E-state index is 3.56. The van der Waals surface area contributed by atoms with Crippen LogP contribution in [-0.2, 0) is 0 Å². The van der Waals surface area contributed by atoms with Crippen molar-refractivity contribution in [2.75, 3.05) is 19.6 Å². The fourth-order valence-corrected chi connectivity index (χ4v) is 2.26. The summed E-state index contributed by atoms with van der Waals surface area (Å²) < 4.78 is 0. The highest BCUT2D eigenvalue weighted by Gasteiger charge is 2.16. The molecule has 2 nitrogen and oxygen atoms in total. The summed E-state index contributed by atoms with van der Waals surface area (Å²) in [6.07, 6.45) is 6.78. The zero-order chi connectivity index (χ0) is 11.1. The van der Waals surface area contributed by atoms with Gasteiger partial charge in [-0.2, -0.15) is 0 Å². The van der Waals surface area contributed by atoms with Gasteiger partial charge in [-0.3, -0.25) is 0 Å². The van der Waals surface area contributed by atoms with E-state index >= 15 is 0 Å². The van der Waals surface area contributed by atoms with Crippen LogP contribution in [0.4, 0.5) is 0 Å². The highest BCUT2D eigenvalue weighted by atomic mass is 15.2. The van der Waals surface area contributed by atoms with Crippen LogP contribution in [0.5, 0.6) is 0 Å². The predicted molar refractivity (Wildman–Crippen MR) is 67.3 cm³/mol. The monoisotopic (exact) mass is 212 g/mol. The molecule has 15 heavy (non-hydrogen) atoms. The maximum atomic E-state index is 3.56. The van der Waals surface area contributed by atoms with Crippen LogP contribution < -0.4 is 5.32 Å². The van der Waals surface area contributed by atoms with E-state index in [0.29, 0.717) is 6.04 Å².